The first-order valence-electron chi connectivity index (χ1n) is 4.73. The molecule has 0 aromatic carbocycles. The monoisotopic (exact) mass is 226 g/mol. The van der Waals surface area contributed by atoms with Gasteiger partial charge in [-0.05, 0) is 19.8 Å². The van der Waals surface area contributed by atoms with Crippen molar-refractivity contribution in [2.45, 2.75) is 39.2 Å². The van der Waals surface area contributed by atoms with Crippen LogP contribution in [0.1, 0.15) is 33.1 Å². The lowest BCUT2D eigenvalue weighted by atomic mass is 10.2. The van der Waals surface area contributed by atoms with E-state index in [1.807, 2.05) is 6.92 Å². The van der Waals surface area contributed by atoms with Crippen LogP contribution in [0.2, 0.25) is 0 Å². The Morgan fingerprint density at radius 3 is 2.36 bits per heavy atom. The van der Waals surface area contributed by atoms with Gasteiger partial charge in [0.25, 0.3) is 0 Å². The third-order valence-corrected chi connectivity index (χ3v) is 2.54. The molecule has 0 spiro atoms. The van der Waals surface area contributed by atoms with E-state index in [0.29, 0.717) is 12.8 Å². The zero-order chi connectivity index (χ0) is 11.0. The van der Waals surface area contributed by atoms with Crippen LogP contribution in [-0.2, 0) is 18.8 Å². The summed E-state index contributed by atoms with van der Waals surface area (Å²) in [7, 11) is -3.85. The first-order valence-corrected chi connectivity index (χ1v) is 6.07. The molecular formula is C8H18O5S. The van der Waals surface area contributed by atoms with Gasteiger partial charge in [-0.3, -0.25) is 0 Å². The molecule has 5 nitrogen and oxygen atoms in total. The van der Waals surface area contributed by atoms with Gasteiger partial charge in [0.05, 0.1) is 19.3 Å². The van der Waals surface area contributed by atoms with Crippen molar-refractivity contribution in [3.8, 4) is 0 Å². The van der Waals surface area contributed by atoms with Gasteiger partial charge < -0.3 is 5.11 Å². The Labute approximate surface area is 85.4 Å². The lowest BCUT2D eigenvalue weighted by molar-refractivity contribution is 0.124. The van der Waals surface area contributed by atoms with Crippen molar-refractivity contribution < 1.29 is 21.9 Å². The molecule has 0 saturated heterocycles. The van der Waals surface area contributed by atoms with E-state index in [9.17, 15) is 13.5 Å². The molecular weight excluding hydrogens is 208 g/mol. The minimum atomic E-state index is -3.85. The third kappa shape index (κ3) is 7.25. The van der Waals surface area contributed by atoms with Crippen molar-refractivity contribution in [3.05, 3.63) is 0 Å². The highest BCUT2D eigenvalue weighted by Crippen LogP contribution is 2.03. The highest BCUT2D eigenvalue weighted by Gasteiger charge is 2.11. The molecule has 0 aromatic heterocycles. The maximum atomic E-state index is 10.8. The molecule has 0 saturated carbocycles. The second-order valence-corrected chi connectivity index (χ2v) is 4.16. The van der Waals surface area contributed by atoms with Crippen LogP contribution in [0.5, 0.6) is 0 Å². The van der Waals surface area contributed by atoms with Crippen LogP contribution in [0.15, 0.2) is 0 Å². The predicted octanol–water partition coefficient (Wildman–Crippen LogP) is 0.835. The van der Waals surface area contributed by atoms with E-state index in [1.165, 1.54) is 0 Å². The van der Waals surface area contributed by atoms with Gasteiger partial charge in [0.15, 0.2) is 0 Å². The fourth-order valence-electron chi connectivity index (χ4n) is 0.942. The molecule has 14 heavy (non-hydrogen) atoms. The Morgan fingerprint density at radius 2 is 1.86 bits per heavy atom. The second-order valence-electron chi connectivity index (χ2n) is 2.87. The highest BCUT2D eigenvalue weighted by molar-refractivity contribution is 7.81. The van der Waals surface area contributed by atoms with Crippen LogP contribution in [0.25, 0.3) is 0 Å². The number of aliphatic hydroxyl groups excluding tert-OH is 1. The number of aliphatic hydroxyl groups is 1. The van der Waals surface area contributed by atoms with Crippen LogP contribution < -0.4 is 0 Å². The van der Waals surface area contributed by atoms with Crippen LogP contribution in [0, 0.1) is 0 Å². The van der Waals surface area contributed by atoms with E-state index in [1.54, 1.807) is 6.92 Å². The summed E-state index contributed by atoms with van der Waals surface area (Å²) in [6.45, 7) is 3.53. The van der Waals surface area contributed by atoms with E-state index in [0.717, 1.165) is 6.42 Å². The largest absolute Gasteiger partial charge is 0.399 e. The second kappa shape index (κ2) is 7.17. The van der Waals surface area contributed by atoms with E-state index in [-0.39, 0.29) is 13.2 Å². The van der Waals surface area contributed by atoms with E-state index in [2.05, 4.69) is 8.37 Å². The quantitative estimate of drug-likeness (QED) is 0.663. The summed E-state index contributed by atoms with van der Waals surface area (Å²) in [6, 6.07) is 0. The SMILES string of the molecule is CCCC(O)CCOS(=O)(=O)OCC. The zero-order valence-electron chi connectivity index (χ0n) is 8.60. The summed E-state index contributed by atoms with van der Waals surface area (Å²) in [4.78, 5) is 0. The van der Waals surface area contributed by atoms with Crippen LogP contribution in [-0.4, -0.2) is 32.8 Å². The van der Waals surface area contributed by atoms with Gasteiger partial charge in [0.1, 0.15) is 0 Å². The van der Waals surface area contributed by atoms with Crippen molar-refractivity contribution >= 4 is 10.4 Å². The fraction of sp³-hybridized carbons (Fsp3) is 1.00. The van der Waals surface area contributed by atoms with Gasteiger partial charge in [-0.2, -0.15) is 8.42 Å². The maximum absolute atomic E-state index is 10.8. The molecule has 0 radical (unpaired) electrons. The molecule has 0 aliphatic heterocycles. The third-order valence-electron chi connectivity index (χ3n) is 1.56. The van der Waals surface area contributed by atoms with Crippen molar-refractivity contribution in [2.24, 2.45) is 0 Å². The minimum Gasteiger partial charge on any atom is -0.393 e. The van der Waals surface area contributed by atoms with Gasteiger partial charge >= 0.3 is 10.4 Å². The molecule has 0 bridgehead atoms. The molecule has 0 fully saturated rings. The molecule has 1 atom stereocenters. The maximum Gasteiger partial charge on any atom is 0.399 e. The number of hydrogen-bond acceptors (Lipinski definition) is 5. The van der Waals surface area contributed by atoms with Crippen molar-refractivity contribution in [3.63, 3.8) is 0 Å². The van der Waals surface area contributed by atoms with Gasteiger partial charge in [-0.1, -0.05) is 13.3 Å². The Balaban J connectivity index is 3.63. The van der Waals surface area contributed by atoms with Gasteiger partial charge in [-0.15, -0.1) is 0 Å². The van der Waals surface area contributed by atoms with Gasteiger partial charge in [-0.25, -0.2) is 8.37 Å². The summed E-state index contributed by atoms with van der Waals surface area (Å²) in [6.07, 6.45) is 1.31. The molecule has 1 unspecified atom stereocenters. The molecule has 0 rings (SSSR count). The van der Waals surface area contributed by atoms with Crippen molar-refractivity contribution in [2.75, 3.05) is 13.2 Å². The topological polar surface area (TPSA) is 72.8 Å². The number of hydrogen-bond donors (Lipinski definition) is 1. The molecule has 0 amide bonds. The summed E-state index contributed by atoms with van der Waals surface area (Å²) < 4.78 is 30.5. The first-order chi connectivity index (χ1) is 6.52. The number of rotatable bonds is 8. The van der Waals surface area contributed by atoms with E-state index < -0.39 is 16.5 Å². The smallest absolute Gasteiger partial charge is 0.393 e. The summed E-state index contributed by atoms with van der Waals surface area (Å²) in [5.41, 5.74) is 0. The molecule has 86 valence electrons. The van der Waals surface area contributed by atoms with E-state index in [4.69, 9.17) is 0 Å². The van der Waals surface area contributed by atoms with Crippen molar-refractivity contribution in [1.29, 1.82) is 0 Å². The van der Waals surface area contributed by atoms with Gasteiger partial charge in [0.2, 0.25) is 0 Å². The predicted molar refractivity (Wildman–Crippen MR) is 52.0 cm³/mol. The summed E-state index contributed by atoms with van der Waals surface area (Å²) >= 11 is 0. The van der Waals surface area contributed by atoms with Crippen LogP contribution in [0.4, 0.5) is 0 Å². The molecule has 1 N–H and O–H groups in total. The lowest BCUT2D eigenvalue weighted by Gasteiger charge is -2.08. The van der Waals surface area contributed by atoms with Crippen LogP contribution in [0.3, 0.4) is 0 Å². The summed E-state index contributed by atoms with van der Waals surface area (Å²) in [5.74, 6) is 0. The average Bonchev–Trinajstić information content (AvgIpc) is 2.03. The normalized spacial score (nSPS) is 14.2. The zero-order valence-corrected chi connectivity index (χ0v) is 9.42. The lowest BCUT2D eigenvalue weighted by Crippen LogP contribution is -2.15. The molecule has 0 heterocycles. The Hall–Kier alpha value is -0.170. The van der Waals surface area contributed by atoms with Crippen LogP contribution >= 0.6 is 0 Å². The molecule has 0 aliphatic carbocycles. The highest BCUT2D eigenvalue weighted by atomic mass is 32.3. The fourth-order valence-corrected chi connectivity index (χ4v) is 1.60. The first kappa shape index (κ1) is 13.8. The Bertz CT molecular complexity index is 224. The molecule has 6 heteroatoms. The average molecular weight is 226 g/mol. The molecule has 0 aromatic rings. The minimum absolute atomic E-state index is 0.0382. The standard InChI is InChI=1S/C8H18O5S/c1-3-5-8(9)6-7-13-14(10,11)12-4-2/h8-9H,3-7H2,1-2H3. The van der Waals surface area contributed by atoms with Crippen molar-refractivity contribution in [1.82, 2.24) is 0 Å². The Morgan fingerprint density at radius 1 is 1.21 bits per heavy atom. The Kier molecular flexibility index (Phi) is 7.08. The molecule has 0 aliphatic rings. The van der Waals surface area contributed by atoms with E-state index >= 15 is 0 Å². The van der Waals surface area contributed by atoms with Gasteiger partial charge in [0, 0.05) is 0 Å². The summed E-state index contributed by atoms with van der Waals surface area (Å²) in [5, 5.41) is 9.26.